The third kappa shape index (κ3) is 3.88. The maximum Gasteiger partial charge on any atom is 0.385 e. The molecule has 0 aromatic rings. The molecule has 9 heteroatoms. The SMILES string of the molecule is CN(C)C(=C(C(=O)O)C(=O)C(F)(F)Cl)C(F)F. The van der Waals surface area contributed by atoms with Gasteiger partial charge in [-0.1, -0.05) is 0 Å². The monoisotopic (exact) mass is 277 g/mol. The van der Waals surface area contributed by atoms with Gasteiger partial charge in [-0.25, -0.2) is 13.6 Å². The van der Waals surface area contributed by atoms with E-state index in [4.69, 9.17) is 5.11 Å². The molecule has 0 aliphatic rings. The van der Waals surface area contributed by atoms with Crippen LogP contribution < -0.4 is 0 Å². The first-order valence-electron chi connectivity index (χ1n) is 4.04. The Morgan fingerprint density at radius 2 is 1.71 bits per heavy atom. The van der Waals surface area contributed by atoms with E-state index in [1.54, 1.807) is 0 Å². The van der Waals surface area contributed by atoms with Crippen molar-refractivity contribution in [2.45, 2.75) is 11.8 Å². The first kappa shape index (κ1) is 15.7. The van der Waals surface area contributed by atoms with E-state index in [0.29, 0.717) is 4.90 Å². The molecule has 0 rings (SSSR count). The van der Waals surface area contributed by atoms with Gasteiger partial charge in [-0.05, 0) is 11.6 Å². The maximum absolute atomic E-state index is 12.5. The van der Waals surface area contributed by atoms with E-state index in [-0.39, 0.29) is 0 Å². The molecule has 0 unspecified atom stereocenters. The van der Waals surface area contributed by atoms with Crippen LogP contribution in [0.25, 0.3) is 0 Å². The van der Waals surface area contributed by atoms with Crippen molar-refractivity contribution >= 4 is 23.4 Å². The summed E-state index contributed by atoms with van der Waals surface area (Å²) >= 11 is 4.33. The Balaban J connectivity index is 5.88. The second kappa shape index (κ2) is 5.35. The topological polar surface area (TPSA) is 57.6 Å². The molecule has 98 valence electrons. The zero-order valence-corrected chi connectivity index (χ0v) is 9.43. The number of hydrogen-bond acceptors (Lipinski definition) is 3. The van der Waals surface area contributed by atoms with Crippen LogP contribution in [-0.2, 0) is 9.59 Å². The zero-order chi connectivity index (χ0) is 14.0. The van der Waals surface area contributed by atoms with E-state index in [0.717, 1.165) is 14.1 Å². The van der Waals surface area contributed by atoms with E-state index in [1.165, 1.54) is 0 Å². The van der Waals surface area contributed by atoms with Gasteiger partial charge in [-0.15, -0.1) is 0 Å². The third-order valence-electron chi connectivity index (χ3n) is 1.64. The van der Waals surface area contributed by atoms with E-state index in [1.807, 2.05) is 0 Å². The van der Waals surface area contributed by atoms with Gasteiger partial charge in [0.2, 0.25) is 0 Å². The highest BCUT2D eigenvalue weighted by atomic mass is 35.5. The average Bonchev–Trinajstić information content (AvgIpc) is 2.09. The molecule has 17 heavy (non-hydrogen) atoms. The van der Waals surface area contributed by atoms with Gasteiger partial charge in [0.25, 0.3) is 12.2 Å². The molecule has 0 fully saturated rings. The van der Waals surface area contributed by atoms with Crippen LogP contribution in [0, 0.1) is 0 Å². The fourth-order valence-electron chi connectivity index (χ4n) is 0.993. The summed E-state index contributed by atoms with van der Waals surface area (Å²) in [5.41, 5.74) is -3.06. The lowest BCUT2D eigenvalue weighted by atomic mass is 10.1. The Bertz CT molecular complexity index is 352. The number of allylic oxidation sites excluding steroid dienone is 1. The average molecular weight is 278 g/mol. The molecule has 0 atom stereocenters. The summed E-state index contributed by atoms with van der Waals surface area (Å²) in [4.78, 5) is 22.1. The van der Waals surface area contributed by atoms with Crippen molar-refractivity contribution in [3.05, 3.63) is 11.3 Å². The van der Waals surface area contributed by atoms with Gasteiger partial charge in [0.15, 0.2) is 0 Å². The van der Waals surface area contributed by atoms with Gasteiger partial charge in [0.1, 0.15) is 5.57 Å². The Hall–Kier alpha value is -1.31. The van der Waals surface area contributed by atoms with Crippen LogP contribution in [0.15, 0.2) is 11.3 Å². The molecule has 0 aliphatic carbocycles. The van der Waals surface area contributed by atoms with Crippen LogP contribution in [0.1, 0.15) is 0 Å². The highest BCUT2D eigenvalue weighted by Gasteiger charge is 2.44. The number of carboxylic acid groups (broad SMARTS) is 1. The molecule has 0 saturated carbocycles. The van der Waals surface area contributed by atoms with Crippen LogP contribution in [0.2, 0.25) is 0 Å². The van der Waals surface area contributed by atoms with E-state index < -0.39 is 34.8 Å². The summed E-state index contributed by atoms with van der Waals surface area (Å²) in [6, 6.07) is 0. The van der Waals surface area contributed by atoms with Crippen molar-refractivity contribution in [1.29, 1.82) is 0 Å². The van der Waals surface area contributed by atoms with Crippen molar-refractivity contribution in [2.75, 3.05) is 14.1 Å². The van der Waals surface area contributed by atoms with Crippen molar-refractivity contribution in [1.82, 2.24) is 4.90 Å². The van der Waals surface area contributed by atoms with Crippen molar-refractivity contribution in [3.8, 4) is 0 Å². The normalized spacial score (nSPS) is 13.4. The number of carbonyl (C=O) groups excluding carboxylic acids is 1. The number of ketones is 1. The fourth-order valence-corrected chi connectivity index (χ4v) is 1.09. The predicted octanol–water partition coefficient (Wildman–Crippen LogP) is 1.55. The quantitative estimate of drug-likeness (QED) is 0.272. The molecule has 0 amide bonds. The van der Waals surface area contributed by atoms with Gasteiger partial charge in [0, 0.05) is 14.1 Å². The van der Waals surface area contributed by atoms with E-state index >= 15 is 0 Å². The molecule has 4 nitrogen and oxygen atoms in total. The number of carboxylic acids is 1. The second-order valence-electron chi connectivity index (χ2n) is 3.09. The van der Waals surface area contributed by atoms with Gasteiger partial charge < -0.3 is 10.0 Å². The van der Waals surface area contributed by atoms with E-state index in [2.05, 4.69) is 11.6 Å². The summed E-state index contributed by atoms with van der Waals surface area (Å²) < 4.78 is 49.9. The number of Topliss-reactive ketones (excluding diaryl/α,β-unsaturated/α-hetero) is 1. The summed E-state index contributed by atoms with van der Waals surface area (Å²) in [7, 11) is 1.98. The van der Waals surface area contributed by atoms with Crippen molar-refractivity contribution in [3.63, 3.8) is 0 Å². The number of hydrogen-bond donors (Lipinski definition) is 1. The van der Waals surface area contributed by atoms with Gasteiger partial charge >= 0.3 is 11.4 Å². The summed E-state index contributed by atoms with van der Waals surface area (Å²) in [5.74, 6) is -4.57. The molecular weight excluding hydrogens is 270 g/mol. The largest absolute Gasteiger partial charge is 0.477 e. The highest BCUT2D eigenvalue weighted by Crippen LogP contribution is 2.28. The minimum atomic E-state index is -4.55. The molecule has 0 aromatic heterocycles. The van der Waals surface area contributed by atoms with Gasteiger partial charge in [-0.3, -0.25) is 4.79 Å². The number of alkyl halides is 5. The smallest absolute Gasteiger partial charge is 0.385 e. The maximum atomic E-state index is 12.5. The number of aliphatic carboxylic acids is 1. The zero-order valence-electron chi connectivity index (χ0n) is 8.68. The third-order valence-corrected chi connectivity index (χ3v) is 1.81. The van der Waals surface area contributed by atoms with Crippen molar-refractivity contribution < 1.29 is 32.3 Å². The first-order valence-corrected chi connectivity index (χ1v) is 4.42. The molecule has 0 aromatic carbocycles. The number of nitrogens with zero attached hydrogens (tertiary/aromatic N) is 1. The molecule has 0 saturated heterocycles. The van der Waals surface area contributed by atoms with E-state index in [9.17, 15) is 27.2 Å². The van der Waals surface area contributed by atoms with Crippen LogP contribution in [0.4, 0.5) is 17.6 Å². The second-order valence-corrected chi connectivity index (χ2v) is 3.56. The summed E-state index contributed by atoms with van der Waals surface area (Å²) in [6.45, 7) is 0. The van der Waals surface area contributed by atoms with Crippen molar-refractivity contribution in [2.24, 2.45) is 0 Å². The predicted molar refractivity (Wildman–Crippen MR) is 50.2 cm³/mol. The number of halogens is 5. The highest BCUT2D eigenvalue weighted by molar-refractivity contribution is 6.38. The Labute approximate surface area is 98.4 Å². The van der Waals surface area contributed by atoms with Gasteiger partial charge in [0.05, 0.1) is 5.70 Å². The van der Waals surface area contributed by atoms with Crippen LogP contribution >= 0.6 is 11.6 Å². The lowest BCUT2D eigenvalue weighted by molar-refractivity contribution is -0.139. The lowest BCUT2D eigenvalue weighted by Crippen LogP contribution is -2.33. The molecular formula is C8H8ClF4NO3. The van der Waals surface area contributed by atoms with Crippen LogP contribution in [0.3, 0.4) is 0 Å². The minimum absolute atomic E-state index is 0.564. The minimum Gasteiger partial charge on any atom is -0.477 e. The molecule has 0 radical (unpaired) electrons. The standard InChI is InChI=1S/C8H8ClF4NO3/c1-14(2)4(6(10)11)3(7(16)17)5(15)8(9,12)13/h6H,1-2H3,(H,16,17). The number of rotatable bonds is 5. The van der Waals surface area contributed by atoms with Crippen LogP contribution in [-0.4, -0.2) is 47.7 Å². The molecule has 0 bridgehead atoms. The van der Waals surface area contributed by atoms with Crippen LogP contribution in [0.5, 0.6) is 0 Å². The molecule has 0 heterocycles. The molecule has 0 spiro atoms. The number of carbonyl (C=O) groups is 2. The Kier molecular flexibility index (Phi) is 4.94. The Morgan fingerprint density at radius 1 is 1.29 bits per heavy atom. The fraction of sp³-hybridized carbons (Fsp3) is 0.500. The lowest BCUT2D eigenvalue weighted by Gasteiger charge is -2.19. The summed E-state index contributed by atoms with van der Waals surface area (Å²) in [6.07, 6.45) is -3.40. The van der Waals surface area contributed by atoms with Gasteiger partial charge in [-0.2, -0.15) is 8.78 Å². The molecule has 0 aliphatic heterocycles. The first-order chi connectivity index (χ1) is 7.50. The Morgan fingerprint density at radius 3 is 1.88 bits per heavy atom. The molecule has 1 N–H and O–H groups in total. The summed E-state index contributed by atoms with van der Waals surface area (Å²) in [5, 5.41) is 3.99.